The van der Waals surface area contributed by atoms with E-state index in [0.29, 0.717) is 26.2 Å². The van der Waals surface area contributed by atoms with Crippen LogP contribution in [0.4, 0.5) is 0 Å². The maximum absolute atomic E-state index is 8.65. The first kappa shape index (κ1) is 23.5. The fraction of sp³-hybridized carbons (Fsp3) is 1.00. The van der Waals surface area contributed by atoms with Crippen molar-refractivity contribution >= 4 is 25.2 Å². The molecular weight excluding hydrogens is 344 g/mol. The van der Waals surface area contributed by atoms with Gasteiger partial charge in [-0.15, -0.1) is 0 Å². The van der Waals surface area contributed by atoms with Crippen molar-refractivity contribution in [2.45, 2.75) is 64.7 Å². The van der Waals surface area contributed by atoms with E-state index >= 15 is 0 Å². The van der Waals surface area contributed by atoms with Crippen molar-refractivity contribution in [1.82, 2.24) is 0 Å². The largest absolute Gasteiger partial charge is 0.437 e. The molecule has 5 nitrogen and oxygen atoms in total. The Morgan fingerprint density at radius 2 is 1.09 bits per heavy atom. The summed E-state index contributed by atoms with van der Waals surface area (Å²) in [4.78, 5) is 0. The second-order valence-electron chi connectivity index (χ2n) is 7.97. The smallest absolute Gasteiger partial charge is 0.314 e. The molecule has 0 aliphatic heterocycles. The number of aliphatic hydroxyl groups excluding tert-OH is 1. The van der Waals surface area contributed by atoms with E-state index < -0.39 is 25.2 Å². The van der Waals surface area contributed by atoms with Gasteiger partial charge in [0.05, 0.1) is 13.2 Å². The van der Waals surface area contributed by atoms with E-state index in [4.69, 9.17) is 22.8 Å². The first-order valence-corrected chi connectivity index (χ1v) is 18.0. The molecule has 0 atom stereocenters. The molecule has 0 amide bonds. The monoisotopic (exact) mass is 382 g/mol. The molecule has 0 radical (unpaired) electrons. The van der Waals surface area contributed by atoms with Crippen LogP contribution in [-0.2, 0) is 17.7 Å². The van der Waals surface area contributed by atoms with Gasteiger partial charge in [-0.25, -0.2) is 0 Å². The summed E-state index contributed by atoms with van der Waals surface area (Å²) < 4.78 is 23.9. The highest BCUT2D eigenvalue weighted by molar-refractivity contribution is 6.87. The van der Waals surface area contributed by atoms with Crippen LogP contribution >= 0.6 is 0 Å². The average molecular weight is 383 g/mol. The van der Waals surface area contributed by atoms with Crippen LogP contribution in [0.5, 0.6) is 0 Å². The van der Waals surface area contributed by atoms with Gasteiger partial charge in [0.15, 0.2) is 16.6 Å². The van der Waals surface area contributed by atoms with Crippen molar-refractivity contribution in [2.24, 2.45) is 0 Å². The summed E-state index contributed by atoms with van der Waals surface area (Å²) in [5.41, 5.74) is 0. The minimum absolute atomic E-state index is 0.179. The highest BCUT2D eigenvalue weighted by Gasteiger charge is 2.39. The van der Waals surface area contributed by atoms with E-state index in [9.17, 15) is 0 Å². The van der Waals surface area contributed by atoms with Gasteiger partial charge in [0.25, 0.3) is 0 Å². The molecular formula is C15H38O5Si3. The Labute approximate surface area is 146 Å². The van der Waals surface area contributed by atoms with Gasteiger partial charge < -0.3 is 22.8 Å². The molecule has 0 aromatic rings. The fourth-order valence-corrected chi connectivity index (χ4v) is 14.9. The predicted molar refractivity (Wildman–Crippen MR) is 103 cm³/mol. The summed E-state index contributed by atoms with van der Waals surface area (Å²) in [6, 6.07) is 0.979. The molecule has 23 heavy (non-hydrogen) atoms. The zero-order valence-corrected chi connectivity index (χ0v) is 19.2. The van der Waals surface area contributed by atoms with E-state index in [-0.39, 0.29) is 6.61 Å². The summed E-state index contributed by atoms with van der Waals surface area (Å²) >= 11 is 0. The van der Waals surface area contributed by atoms with Crippen LogP contribution < -0.4 is 0 Å². The minimum atomic E-state index is -2.12. The van der Waals surface area contributed by atoms with Gasteiger partial charge >= 0.3 is 8.56 Å². The molecule has 0 saturated heterocycles. The molecule has 0 rings (SSSR count). The van der Waals surface area contributed by atoms with Crippen molar-refractivity contribution in [3.63, 3.8) is 0 Å². The summed E-state index contributed by atoms with van der Waals surface area (Å²) in [5.74, 6) is 0. The second kappa shape index (κ2) is 11.1. The Bertz CT molecular complexity index is 286. The van der Waals surface area contributed by atoms with Crippen molar-refractivity contribution in [2.75, 3.05) is 33.0 Å². The Morgan fingerprint density at radius 1 is 0.652 bits per heavy atom. The summed E-state index contributed by atoms with van der Waals surface area (Å²) in [6.45, 7) is 18.3. The molecule has 1 N–H and O–H groups in total. The molecule has 0 spiro atoms. The van der Waals surface area contributed by atoms with Crippen molar-refractivity contribution in [1.29, 1.82) is 0 Å². The van der Waals surface area contributed by atoms with E-state index in [1.165, 1.54) is 0 Å². The van der Waals surface area contributed by atoms with Crippen LogP contribution in [0, 0.1) is 0 Å². The third-order valence-electron chi connectivity index (χ3n) is 2.78. The maximum atomic E-state index is 8.65. The number of hydrogen-bond acceptors (Lipinski definition) is 5. The van der Waals surface area contributed by atoms with Crippen LogP contribution in [0.1, 0.15) is 12.8 Å². The van der Waals surface area contributed by atoms with Crippen LogP contribution in [-0.4, -0.2) is 63.3 Å². The number of hydrogen-bond donors (Lipinski definition) is 1. The molecule has 0 aliphatic carbocycles. The van der Waals surface area contributed by atoms with E-state index in [1.807, 2.05) is 0 Å². The zero-order chi connectivity index (χ0) is 18.0. The zero-order valence-electron chi connectivity index (χ0n) is 16.2. The van der Waals surface area contributed by atoms with Gasteiger partial charge in [0.2, 0.25) is 0 Å². The van der Waals surface area contributed by atoms with Crippen molar-refractivity contribution in [3.05, 3.63) is 0 Å². The molecule has 0 aliphatic rings. The first-order valence-electron chi connectivity index (χ1n) is 8.64. The SMILES string of the molecule is C[Si](C)(C)O[Si](C)(CCCOCCOCCCO)O[Si](C)(C)C. The van der Waals surface area contributed by atoms with E-state index in [1.54, 1.807) is 0 Å². The molecule has 0 bridgehead atoms. The van der Waals surface area contributed by atoms with Gasteiger partial charge in [0.1, 0.15) is 0 Å². The Kier molecular flexibility index (Phi) is 11.4. The van der Waals surface area contributed by atoms with Gasteiger partial charge in [0, 0.05) is 19.8 Å². The van der Waals surface area contributed by atoms with Gasteiger partial charge in [-0.1, -0.05) is 0 Å². The molecule has 140 valence electrons. The van der Waals surface area contributed by atoms with Crippen molar-refractivity contribution < 1.29 is 22.8 Å². The minimum Gasteiger partial charge on any atom is -0.437 e. The lowest BCUT2D eigenvalue weighted by Crippen LogP contribution is -2.52. The normalized spacial score (nSPS) is 13.6. The van der Waals surface area contributed by atoms with Crippen LogP contribution in [0.25, 0.3) is 0 Å². The Morgan fingerprint density at radius 3 is 1.48 bits per heavy atom. The Balaban J connectivity index is 4.06. The van der Waals surface area contributed by atoms with Crippen molar-refractivity contribution in [3.8, 4) is 0 Å². The van der Waals surface area contributed by atoms with Gasteiger partial charge in [-0.05, 0) is 64.7 Å². The first-order chi connectivity index (χ1) is 10.5. The lowest BCUT2D eigenvalue weighted by atomic mass is 10.5. The number of rotatable bonds is 14. The maximum Gasteiger partial charge on any atom is 0.314 e. The number of aliphatic hydroxyl groups is 1. The highest BCUT2D eigenvalue weighted by atomic mass is 28.5. The summed E-state index contributed by atoms with van der Waals surface area (Å²) in [6.07, 6.45) is 1.65. The third-order valence-corrected chi connectivity index (χ3v) is 12.4. The molecule has 0 saturated carbocycles. The summed E-state index contributed by atoms with van der Waals surface area (Å²) in [7, 11) is -5.34. The molecule has 0 heterocycles. The molecule has 8 heteroatoms. The standard InChI is InChI=1S/C15H38O5Si3/c1-21(2,3)19-23(7,20-22(4,5)6)15-9-12-18-14-13-17-11-8-10-16/h16H,8-15H2,1-7H3. The third kappa shape index (κ3) is 15.7. The molecule has 0 aromatic heterocycles. The van der Waals surface area contributed by atoms with E-state index in [0.717, 1.165) is 19.1 Å². The second-order valence-corrected chi connectivity index (χ2v) is 20.8. The molecule has 0 unspecified atom stereocenters. The average Bonchev–Trinajstić information content (AvgIpc) is 2.32. The topological polar surface area (TPSA) is 57.2 Å². The summed E-state index contributed by atoms with van der Waals surface area (Å²) in [5, 5.41) is 8.65. The molecule has 0 fully saturated rings. The van der Waals surface area contributed by atoms with Crippen LogP contribution in [0.3, 0.4) is 0 Å². The number of ether oxygens (including phenoxy) is 2. The highest BCUT2D eigenvalue weighted by Crippen LogP contribution is 2.25. The lowest BCUT2D eigenvalue weighted by Gasteiger charge is -2.38. The van der Waals surface area contributed by atoms with Crippen LogP contribution in [0.2, 0.25) is 51.9 Å². The lowest BCUT2D eigenvalue weighted by molar-refractivity contribution is 0.0425. The van der Waals surface area contributed by atoms with E-state index in [2.05, 4.69) is 45.8 Å². The van der Waals surface area contributed by atoms with Gasteiger partial charge in [-0.3, -0.25) is 0 Å². The Hall–Kier alpha value is 0.451. The van der Waals surface area contributed by atoms with Crippen LogP contribution in [0.15, 0.2) is 0 Å². The quantitative estimate of drug-likeness (QED) is 0.368. The predicted octanol–water partition coefficient (Wildman–Crippen LogP) is 3.57. The molecule has 0 aromatic carbocycles. The fourth-order valence-electron chi connectivity index (χ4n) is 2.40. The van der Waals surface area contributed by atoms with Gasteiger partial charge in [-0.2, -0.15) is 0 Å².